The van der Waals surface area contributed by atoms with Gasteiger partial charge in [-0.3, -0.25) is 4.79 Å². The van der Waals surface area contributed by atoms with Gasteiger partial charge in [-0.15, -0.1) is 0 Å². The van der Waals surface area contributed by atoms with Crippen molar-refractivity contribution < 1.29 is 18.8 Å². The van der Waals surface area contributed by atoms with Crippen LogP contribution < -0.4 is 0 Å². The fraction of sp³-hybridized carbons (Fsp3) is 0.609. The number of nitrogens with zero attached hydrogens (tertiary/aromatic N) is 3. The van der Waals surface area contributed by atoms with Crippen molar-refractivity contribution in [2.24, 2.45) is 5.92 Å². The maximum absolute atomic E-state index is 12.8. The highest BCUT2D eigenvalue weighted by molar-refractivity contribution is 5.77. The molecule has 0 spiro atoms. The highest BCUT2D eigenvalue weighted by Crippen LogP contribution is 2.31. The second kappa shape index (κ2) is 10.7. The number of rotatable bonds is 9. The molecule has 0 aliphatic carbocycles. The second-order valence-corrected chi connectivity index (χ2v) is 8.16. The molecular formula is C23H31N3O4. The van der Waals surface area contributed by atoms with Crippen molar-refractivity contribution in [1.29, 1.82) is 0 Å². The first kappa shape index (κ1) is 21.0. The van der Waals surface area contributed by atoms with Crippen molar-refractivity contribution in [3.8, 4) is 0 Å². The molecule has 7 heteroatoms. The molecule has 2 aromatic rings. The van der Waals surface area contributed by atoms with Gasteiger partial charge in [0, 0.05) is 39.2 Å². The van der Waals surface area contributed by atoms with Gasteiger partial charge < -0.3 is 18.9 Å². The third-order valence-electron chi connectivity index (χ3n) is 5.98. The highest BCUT2D eigenvalue weighted by atomic mass is 16.5. The molecule has 0 saturated carbocycles. The Morgan fingerprint density at radius 3 is 2.80 bits per heavy atom. The molecule has 7 nitrogen and oxygen atoms in total. The summed E-state index contributed by atoms with van der Waals surface area (Å²) in [7, 11) is 0. The van der Waals surface area contributed by atoms with E-state index in [1.807, 2.05) is 23.1 Å². The van der Waals surface area contributed by atoms with Gasteiger partial charge in [0.25, 0.3) is 0 Å². The maximum Gasteiger partial charge on any atom is 0.249 e. The summed E-state index contributed by atoms with van der Waals surface area (Å²) in [5, 5.41) is 4.11. The number of hydrogen-bond donors (Lipinski definition) is 0. The average molecular weight is 414 g/mol. The fourth-order valence-electron chi connectivity index (χ4n) is 4.19. The van der Waals surface area contributed by atoms with Crippen molar-refractivity contribution in [2.75, 3.05) is 33.0 Å². The molecule has 4 rings (SSSR count). The Balaban J connectivity index is 1.23. The van der Waals surface area contributed by atoms with E-state index in [1.165, 1.54) is 5.56 Å². The molecule has 1 atom stereocenters. The second-order valence-electron chi connectivity index (χ2n) is 8.16. The summed E-state index contributed by atoms with van der Waals surface area (Å²) in [6.45, 7) is 3.78. The monoisotopic (exact) mass is 413 g/mol. The number of aromatic nitrogens is 2. The fourth-order valence-corrected chi connectivity index (χ4v) is 4.19. The van der Waals surface area contributed by atoms with Gasteiger partial charge in [-0.1, -0.05) is 35.5 Å². The molecule has 2 aliphatic heterocycles. The molecule has 1 unspecified atom stereocenters. The predicted octanol–water partition coefficient (Wildman–Crippen LogP) is 3.35. The SMILES string of the molecule is O=C(CCc1ccccc1)N1CCCC1c1nc(CCOCC2CCOCC2)no1. The molecule has 0 bridgehead atoms. The zero-order chi connectivity index (χ0) is 20.6. The normalized spacial score (nSPS) is 20.0. The van der Waals surface area contributed by atoms with Crippen LogP contribution in [0.5, 0.6) is 0 Å². The van der Waals surface area contributed by atoms with E-state index < -0.39 is 0 Å². The predicted molar refractivity (Wildman–Crippen MR) is 111 cm³/mol. The summed E-state index contributed by atoms with van der Waals surface area (Å²) >= 11 is 0. The Morgan fingerprint density at radius 1 is 1.13 bits per heavy atom. The molecule has 1 aromatic carbocycles. The summed E-state index contributed by atoms with van der Waals surface area (Å²) in [6.07, 6.45) is 5.86. The van der Waals surface area contributed by atoms with Crippen LogP contribution in [-0.4, -0.2) is 53.9 Å². The number of carbonyl (C=O) groups excluding carboxylic acids is 1. The lowest BCUT2D eigenvalue weighted by Gasteiger charge is -2.22. The van der Waals surface area contributed by atoms with Crippen molar-refractivity contribution in [3.63, 3.8) is 0 Å². The Bertz CT molecular complexity index is 789. The minimum atomic E-state index is -0.0994. The van der Waals surface area contributed by atoms with E-state index in [-0.39, 0.29) is 11.9 Å². The van der Waals surface area contributed by atoms with Gasteiger partial charge in [-0.2, -0.15) is 4.98 Å². The third-order valence-corrected chi connectivity index (χ3v) is 5.98. The van der Waals surface area contributed by atoms with Gasteiger partial charge >= 0.3 is 0 Å². The van der Waals surface area contributed by atoms with E-state index in [4.69, 9.17) is 14.0 Å². The standard InChI is InChI=1S/C23H31N3O4/c27-22(9-8-18-5-2-1-3-6-18)26-13-4-7-20(26)23-24-21(25-30-23)12-16-29-17-19-10-14-28-15-11-19/h1-3,5-6,19-20H,4,7-17H2. The first-order valence-electron chi connectivity index (χ1n) is 11.1. The van der Waals surface area contributed by atoms with E-state index in [2.05, 4.69) is 22.3 Å². The van der Waals surface area contributed by atoms with E-state index in [1.54, 1.807) is 0 Å². The quantitative estimate of drug-likeness (QED) is 0.587. The van der Waals surface area contributed by atoms with Crippen LogP contribution in [0.1, 0.15) is 55.4 Å². The number of hydrogen-bond acceptors (Lipinski definition) is 6. The molecule has 1 aromatic heterocycles. The number of carbonyl (C=O) groups is 1. The van der Waals surface area contributed by atoms with Crippen molar-refractivity contribution in [2.45, 2.75) is 51.0 Å². The molecule has 2 fully saturated rings. The minimum absolute atomic E-state index is 0.0994. The smallest absolute Gasteiger partial charge is 0.249 e. The minimum Gasteiger partial charge on any atom is -0.381 e. The molecule has 30 heavy (non-hydrogen) atoms. The number of aryl methyl sites for hydroxylation is 1. The maximum atomic E-state index is 12.8. The lowest BCUT2D eigenvalue weighted by molar-refractivity contribution is -0.132. The molecule has 1 amide bonds. The van der Waals surface area contributed by atoms with Crippen LogP contribution in [0.3, 0.4) is 0 Å². The lowest BCUT2D eigenvalue weighted by Crippen LogP contribution is -2.30. The summed E-state index contributed by atoms with van der Waals surface area (Å²) in [5.74, 6) is 1.95. The molecule has 0 radical (unpaired) electrons. The molecule has 2 aliphatic rings. The summed E-state index contributed by atoms with van der Waals surface area (Å²) in [5.41, 5.74) is 1.18. The van der Waals surface area contributed by atoms with E-state index in [0.717, 1.165) is 58.5 Å². The Labute approximate surface area is 177 Å². The largest absolute Gasteiger partial charge is 0.381 e. The lowest BCUT2D eigenvalue weighted by atomic mass is 10.0. The van der Waals surface area contributed by atoms with E-state index in [0.29, 0.717) is 37.1 Å². The molecule has 162 valence electrons. The van der Waals surface area contributed by atoms with Crippen LogP contribution in [0.4, 0.5) is 0 Å². The Hall–Kier alpha value is -2.25. The molecule has 0 N–H and O–H groups in total. The topological polar surface area (TPSA) is 77.7 Å². The third kappa shape index (κ3) is 5.67. The summed E-state index contributed by atoms with van der Waals surface area (Å²) < 4.78 is 16.7. The van der Waals surface area contributed by atoms with Crippen molar-refractivity contribution in [1.82, 2.24) is 15.0 Å². The number of likely N-dealkylation sites (tertiary alicyclic amines) is 1. The first-order valence-corrected chi connectivity index (χ1v) is 11.1. The van der Waals surface area contributed by atoms with Gasteiger partial charge in [-0.25, -0.2) is 0 Å². The van der Waals surface area contributed by atoms with Gasteiger partial charge in [0.1, 0.15) is 6.04 Å². The van der Waals surface area contributed by atoms with Crippen LogP contribution in [0.2, 0.25) is 0 Å². The van der Waals surface area contributed by atoms with Crippen LogP contribution in [-0.2, 0) is 27.1 Å². The Kier molecular flexibility index (Phi) is 7.48. The summed E-state index contributed by atoms with van der Waals surface area (Å²) in [4.78, 5) is 19.2. The zero-order valence-corrected chi connectivity index (χ0v) is 17.5. The number of amides is 1. The van der Waals surface area contributed by atoms with Gasteiger partial charge in [-0.05, 0) is 43.6 Å². The average Bonchev–Trinajstić information content (AvgIpc) is 3.46. The molecular weight excluding hydrogens is 382 g/mol. The Morgan fingerprint density at radius 2 is 1.97 bits per heavy atom. The van der Waals surface area contributed by atoms with Crippen molar-refractivity contribution >= 4 is 5.91 Å². The van der Waals surface area contributed by atoms with Gasteiger partial charge in [0.15, 0.2) is 5.82 Å². The van der Waals surface area contributed by atoms with Crippen LogP contribution in [0.25, 0.3) is 0 Å². The van der Waals surface area contributed by atoms with Crippen LogP contribution in [0, 0.1) is 5.92 Å². The van der Waals surface area contributed by atoms with Gasteiger partial charge in [0.2, 0.25) is 11.8 Å². The van der Waals surface area contributed by atoms with E-state index >= 15 is 0 Å². The van der Waals surface area contributed by atoms with Crippen LogP contribution >= 0.6 is 0 Å². The van der Waals surface area contributed by atoms with Crippen molar-refractivity contribution in [3.05, 3.63) is 47.6 Å². The first-order chi connectivity index (χ1) is 14.8. The zero-order valence-electron chi connectivity index (χ0n) is 17.5. The molecule has 2 saturated heterocycles. The highest BCUT2D eigenvalue weighted by Gasteiger charge is 2.33. The van der Waals surface area contributed by atoms with E-state index in [9.17, 15) is 4.79 Å². The van der Waals surface area contributed by atoms with Gasteiger partial charge in [0.05, 0.1) is 6.61 Å². The molecule has 3 heterocycles. The number of ether oxygens (including phenoxy) is 2. The van der Waals surface area contributed by atoms with Crippen LogP contribution in [0.15, 0.2) is 34.9 Å². The summed E-state index contributed by atoms with van der Waals surface area (Å²) in [6, 6.07) is 10.0. The number of benzene rings is 1.